The van der Waals surface area contributed by atoms with Crippen molar-refractivity contribution in [2.75, 3.05) is 0 Å². The van der Waals surface area contributed by atoms with Crippen LogP contribution in [0.2, 0.25) is 0 Å². The van der Waals surface area contributed by atoms with Crippen LogP contribution in [0.5, 0.6) is 0 Å². The van der Waals surface area contributed by atoms with Crippen LogP contribution in [0, 0.1) is 5.41 Å². The van der Waals surface area contributed by atoms with Gasteiger partial charge >= 0.3 is 0 Å². The molecule has 1 unspecified atom stereocenters. The molecule has 118 valence electrons. The number of nitrogens with two attached hydrogens (primary N) is 1. The topological polar surface area (TPSA) is 77.1 Å². The average molecular weight is 293 g/mol. The number of hydrogen-bond acceptors (Lipinski definition) is 2. The van der Waals surface area contributed by atoms with Gasteiger partial charge in [-0.25, -0.2) is 0 Å². The summed E-state index contributed by atoms with van der Waals surface area (Å²) in [7, 11) is 0. The summed E-state index contributed by atoms with van der Waals surface area (Å²) < 4.78 is 2.00. The van der Waals surface area contributed by atoms with Crippen molar-refractivity contribution in [3.05, 3.63) is 24.0 Å². The van der Waals surface area contributed by atoms with E-state index in [0.29, 0.717) is 5.56 Å². The molecule has 0 radical (unpaired) electrons. The van der Waals surface area contributed by atoms with Crippen LogP contribution in [0.25, 0.3) is 0 Å². The van der Waals surface area contributed by atoms with E-state index in [9.17, 15) is 9.59 Å². The first-order valence-corrected chi connectivity index (χ1v) is 7.51. The molecule has 1 heterocycles. The molecule has 0 saturated carbocycles. The molecule has 5 heteroatoms. The molecule has 0 spiro atoms. The highest BCUT2D eigenvalue weighted by Gasteiger charge is 2.31. The van der Waals surface area contributed by atoms with Crippen molar-refractivity contribution in [2.24, 2.45) is 11.1 Å². The number of nitrogens with one attached hydrogen (secondary N) is 1. The minimum atomic E-state index is -0.687. The Bertz CT molecular complexity index is 486. The van der Waals surface area contributed by atoms with Gasteiger partial charge in [-0.15, -0.1) is 0 Å². The van der Waals surface area contributed by atoms with Crippen LogP contribution in [0.1, 0.15) is 57.3 Å². The van der Waals surface area contributed by atoms with Crippen molar-refractivity contribution in [3.8, 4) is 0 Å². The van der Waals surface area contributed by atoms with Crippen molar-refractivity contribution in [3.63, 3.8) is 0 Å². The first-order chi connectivity index (χ1) is 9.75. The number of amides is 2. The maximum atomic E-state index is 12.2. The number of carbonyl (C=O) groups is 2. The van der Waals surface area contributed by atoms with Crippen molar-refractivity contribution in [1.82, 2.24) is 9.88 Å². The standard InChI is InChI=1S/C16H27N3O2/c1-5-6-7-9-19-10-8-12(11-19)15(21)18-13(14(17)20)16(2,3)4/h8,10-11,13H,5-7,9H2,1-4H3,(H2,17,20)(H,18,21). The monoisotopic (exact) mass is 293 g/mol. The number of rotatable bonds is 7. The Kier molecular flexibility index (Phi) is 6.00. The van der Waals surface area contributed by atoms with E-state index >= 15 is 0 Å². The molecule has 0 bridgehead atoms. The Morgan fingerprint density at radius 2 is 2.00 bits per heavy atom. The molecule has 1 aromatic rings. The quantitative estimate of drug-likeness (QED) is 0.757. The molecule has 0 aliphatic carbocycles. The largest absolute Gasteiger partial charge is 0.368 e. The zero-order valence-electron chi connectivity index (χ0n) is 13.5. The van der Waals surface area contributed by atoms with E-state index < -0.39 is 17.4 Å². The number of carbonyl (C=O) groups excluding carboxylic acids is 2. The van der Waals surface area contributed by atoms with E-state index in [1.54, 1.807) is 6.07 Å². The lowest BCUT2D eigenvalue weighted by atomic mass is 9.86. The minimum absolute atomic E-state index is 0.261. The van der Waals surface area contributed by atoms with Gasteiger partial charge in [0.15, 0.2) is 0 Å². The SMILES string of the molecule is CCCCCn1ccc(C(=O)NC(C(N)=O)C(C)(C)C)c1. The summed E-state index contributed by atoms with van der Waals surface area (Å²) in [5.41, 5.74) is 5.52. The van der Waals surface area contributed by atoms with Gasteiger partial charge in [0.05, 0.1) is 5.56 Å². The van der Waals surface area contributed by atoms with Crippen LogP contribution < -0.4 is 11.1 Å². The first-order valence-electron chi connectivity index (χ1n) is 7.51. The molecule has 1 rings (SSSR count). The van der Waals surface area contributed by atoms with E-state index in [1.165, 1.54) is 12.8 Å². The van der Waals surface area contributed by atoms with Gasteiger partial charge in [0.1, 0.15) is 6.04 Å². The van der Waals surface area contributed by atoms with Crippen molar-refractivity contribution < 1.29 is 9.59 Å². The zero-order valence-corrected chi connectivity index (χ0v) is 13.5. The maximum Gasteiger partial charge on any atom is 0.253 e. The Labute approximate surface area is 126 Å². The third-order valence-electron chi connectivity index (χ3n) is 3.46. The Morgan fingerprint density at radius 3 is 2.52 bits per heavy atom. The molecule has 0 saturated heterocycles. The van der Waals surface area contributed by atoms with E-state index in [-0.39, 0.29) is 5.91 Å². The molecule has 3 N–H and O–H groups in total. The van der Waals surface area contributed by atoms with Gasteiger partial charge in [-0.05, 0) is 17.9 Å². The van der Waals surface area contributed by atoms with E-state index in [1.807, 2.05) is 37.7 Å². The van der Waals surface area contributed by atoms with Crippen LogP contribution >= 0.6 is 0 Å². The van der Waals surface area contributed by atoms with Crippen LogP contribution in [0.3, 0.4) is 0 Å². The molecule has 1 aromatic heterocycles. The number of nitrogens with zero attached hydrogens (tertiary/aromatic N) is 1. The molecule has 1 atom stereocenters. The lowest BCUT2D eigenvalue weighted by Gasteiger charge is -2.28. The second kappa shape index (κ2) is 7.29. The molecule has 0 aliphatic rings. The molecular formula is C16H27N3O2. The summed E-state index contributed by atoms with van der Waals surface area (Å²) in [5.74, 6) is -0.777. The summed E-state index contributed by atoms with van der Waals surface area (Å²) in [6.45, 7) is 8.68. The number of primary amides is 1. The summed E-state index contributed by atoms with van der Waals surface area (Å²) in [6.07, 6.45) is 7.14. The lowest BCUT2D eigenvalue weighted by Crippen LogP contribution is -2.51. The van der Waals surface area contributed by atoms with Crippen molar-refractivity contribution >= 4 is 11.8 Å². The average Bonchev–Trinajstić information content (AvgIpc) is 2.83. The minimum Gasteiger partial charge on any atom is -0.368 e. The Balaban J connectivity index is 2.68. The third kappa shape index (κ3) is 5.25. The molecule has 0 fully saturated rings. The van der Waals surface area contributed by atoms with Gasteiger partial charge in [0.2, 0.25) is 5.91 Å². The first kappa shape index (κ1) is 17.3. The lowest BCUT2D eigenvalue weighted by molar-refractivity contribution is -0.122. The fraction of sp³-hybridized carbons (Fsp3) is 0.625. The number of hydrogen-bond donors (Lipinski definition) is 2. The highest BCUT2D eigenvalue weighted by molar-refractivity contribution is 5.97. The van der Waals surface area contributed by atoms with Crippen LogP contribution in [0.15, 0.2) is 18.5 Å². The Hall–Kier alpha value is -1.78. The van der Waals surface area contributed by atoms with E-state index in [4.69, 9.17) is 5.73 Å². The predicted molar refractivity (Wildman–Crippen MR) is 83.9 cm³/mol. The fourth-order valence-corrected chi connectivity index (χ4v) is 2.19. The van der Waals surface area contributed by atoms with Crippen molar-refractivity contribution in [2.45, 2.75) is 59.5 Å². The Morgan fingerprint density at radius 1 is 1.33 bits per heavy atom. The molecule has 2 amide bonds. The van der Waals surface area contributed by atoms with Gasteiger partial charge in [-0.1, -0.05) is 40.5 Å². The zero-order chi connectivity index (χ0) is 16.0. The molecule has 0 aromatic carbocycles. The smallest absolute Gasteiger partial charge is 0.253 e. The van der Waals surface area contributed by atoms with Crippen molar-refractivity contribution in [1.29, 1.82) is 0 Å². The number of unbranched alkanes of at least 4 members (excludes halogenated alkanes) is 2. The van der Waals surface area contributed by atoms with E-state index in [2.05, 4.69) is 12.2 Å². The third-order valence-corrected chi connectivity index (χ3v) is 3.46. The predicted octanol–water partition coefficient (Wildman–Crippen LogP) is 2.31. The molecule has 21 heavy (non-hydrogen) atoms. The molecule has 5 nitrogen and oxygen atoms in total. The van der Waals surface area contributed by atoms with Gasteiger partial charge in [0, 0.05) is 18.9 Å². The number of aromatic nitrogens is 1. The second-order valence-electron chi connectivity index (χ2n) is 6.52. The summed E-state index contributed by atoms with van der Waals surface area (Å²) >= 11 is 0. The van der Waals surface area contributed by atoms with Crippen LogP contribution in [0.4, 0.5) is 0 Å². The molecule has 0 aliphatic heterocycles. The summed E-state index contributed by atoms with van der Waals surface area (Å²) in [4.78, 5) is 23.7. The van der Waals surface area contributed by atoms with Crippen LogP contribution in [-0.2, 0) is 11.3 Å². The van der Waals surface area contributed by atoms with Gasteiger partial charge in [0.25, 0.3) is 5.91 Å². The molecular weight excluding hydrogens is 266 g/mol. The second-order valence-corrected chi connectivity index (χ2v) is 6.52. The maximum absolute atomic E-state index is 12.2. The van der Waals surface area contributed by atoms with Crippen LogP contribution in [-0.4, -0.2) is 22.4 Å². The highest BCUT2D eigenvalue weighted by Crippen LogP contribution is 2.19. The summed E-state index contributed by atoms with van der Waals surface area (Å²) in [6, 6.07) is 1.08. The van der Waals surface area contributed by atoms with Gasteiger partial charge < -0.3 is 15.6 Å². The van der Waals surface area contributed by atoms with Gasteiger partial charge in [-0.3, -0.25) is 9.59 Å². The van der Waals surface area contributed by atoms with Gasteiger partial charge in [-0.2, -0.15) is 0 Å². The van der Waals surface area contributed by atoms with E-state index in [0.717, 1.165) is 13.0 Å². The normalized spacial score (nSPS) is 13.0. The highest BCUT2D eigenvalue weighted by atomic mass is 16.2. The summed E-state index contributed by atoms with van der Waals surface area (Å²) in [5, 5.41) is 2.73. The number of aryl methyl sites for hydroxylation is 1. The fourth-order valence-electron chi connectivity index (χ4n) is 2.19.